The van der Waals surface area contributed by atoms with Crippen molar-refractivity contribution in [1.82, 2.24) is 0 Å². The Hall–Kier alpha value is -1.21. The van der Waals surface area contributed by atoms with Crippen molar-refractivity contribution < 1.29 is 21.9 Å². The smallest absolute Gasteiger partial charge is 0.186 e. The first-order valence-electron chi connectivity index (χ1n) is 5.28. The number of aryl methyl sites for hydroxylation is 1. The Morgan fingerprint density at radius 1 is 1.39 bits per heavy atom. The molecule has 2 N–H and O–H groups in total. The van der Waals surface area contributed by atoms with Gasteiger partial charge in [0.1, 0.15) is 10.7 Å². The Morgan fingerprint density at radius 2 is 2.00 bits per heavy atom. The molecule has 0 fully saturated rings. The van der Waals surface area contributed by atoms with Gasteiger partial charge in [-0.2, -0.15) is 0 Å². The van der Waals surface area contributed by atoms with Crippen LogP contribution in [0.2, 0.25) is 0 Å². The molecule has 1 rings (SSSR count). The van der Waals surface area contributed by atoms with Crippen LogP contribution < -0.4 is 10.5 Å². The second-order valence-corrected chi connectivity index (χ2v) is 5.81. The van der Waals surface area contributed by atoms with Gasteiger partial charge >= 0.3 is 0 Å². The largest absolute Gasteiger partial charge is 0.493 e. The molecule has 102 valence electrons. The standard InChI is InChI=1S/C11H15F2NO3S/c1-17-10-7(4-3-5-14)6-8(12)11(9(10)13)18(2,15)16/h6H,3-5,14H2,1-2H3. The minimum absolute atomic E-state index is 0.245. The van der Waals surface area contributed by atoms with Gasteiger partial charge in [-0.05, 0) is 25.5 Å². The number of sulfone groups is 1. The number of halogens is 2. The van der Waals surface area contributed by atoms with Crippen LogP contribution in [0.15, 0.2) is 11.0 Å². The molecule has 0 aliphatic rings. The van der Waals surface area contributed by atoms with Gasteiger partial charge in [-0.15, -0.1) is 0 Å². The second kappa shape index (κ2) is 5.62. The third-order valence-corrected chi connectivity index (χ3v) is 3.55. The lowest BCUT2D eigenvalue weighted by Gasteiger charge is -2.12. The first-order chi connectivity index (χ1) is 8.32. The average Bonchev–Trinajstić information content (AvgIpc) is 2.23. The van der Waals surface area contributed by atoms with Crippen molar-refractivity contribution in [2.75, 3.05) is 19.9 Å². The first-order valence-corrected chi connectivity index (χ1v) is 7.17. The molecule has 0 spiro atoms. The maximum Gasteiger partial charge on any atom is 0.186 e. The molecule has 4 nitrogen and oxygen atoms in total. The van der Waals surface area contributed by atoms with Crippen molar-refractivity contribution in [3.05, 3.63) is 23.3 Å². The molecule has 0 radical (unpaired) electrons. The third kappa shape index (κ3) is 2.97. The quantitative estimate of drug-likeness (QED) is 0.881. The van der Waals surface area contributed by atoms with Crippen molar-refractivity contribution in [3.63, 3.8) is 0 Å². The van der Waals surface area contributed by atoms with Gasteiger partial charge in [-0.3, -0.25) is 0 Å². The van der Waals surface area contributed by atoms with Gasteiger partial charge in [0.25, 0.3) is 0 Å². The van der Waals surface area contributed by atoms with E-state index in [4.69, 9.17) is 10.5 Å². The molecule has 0 saturated heterocycles. The number of rotatable bonds is 5. The van der Waals surface area contributed by atoms with E-state index in [1.807, 2.05) is 0 Å². The van der Waals surface area contributed by atoms with E-state index in [-0.39, 0.29) is 11.3 Å². The van der Waals surface area contributed by atoms with Crippen LogP contribution in [0.3, 0.4) is 0 Å². The van der Waals surface area contributed by atoms with Crippen LogP contribution in [0.25, 0.3) is 0 Å². The summed E-state index contributed by atoms with van der Waals surface area (Å²) < 4.78 is 55.0. The summed E-state index contributed by atoms with van der Waals surface area (Å²) in [6, 6.07) is 0.980. The van der Waals surface area contributed by atoms with Crippen LogP contribution in [-0.4, -0.2) is 28.3 Å². The van der Waals surface area contributed by atoms with Crippen LogP contribution in [0, 0.1) is 11.6 Å². The molecule has 18 heavy (non-hydrogen) atoms. The molecule has 0 saturated carbocycles. The van der Waals surface area contributed by atoms with Gasteiger partial charge in [0.15, 0.2) is 21.4 Å². The van der Waals surface area contributed by atoms with Crippen LogP contribution in [0.4, 0.5) is 8.78 Å². The monoisotopic (exact) mass is 279 g/mol. The number of nitrogens with two attached hydrogens (primary N) is 1. The number of hydrogen-bond acceptors (Lipinski definition) is 4. The van der Waals surface area contributed by atoms with Crippen molar-refractivity contribution in [2.24, 2.45) is 5.73 Å². The Morgan fingerprint density at radius 3 is 2.44 bits per heavy atom. The molecule has 7 heteroatoms. The predicted octanol–water partition coefficient (Wildman–Crippen LogP) is 1.27. The van der Waals surface area contributed by atoms with Gasteiger partial charge in [0, 0.05) is 11.8 Å². The summed E-state index contributed by atoms with van der Waals surface area (Å²) in [5, 5.41) is 0. The van der Waals surface area contributed by atoms with E-state index in [0.717, 1.165) is 12.3 Å². The maximum absolute atomic E-state index is 13.9. The van der Waals surface area contributed by atoms with Gasteiger partial charge in [-0.25, -0.2) is 17.2 Å². The SMILES string of the molecule is COc1c(CCCN)cc(F)c(S(C)(=O)=O)c1F. The lowest BCUT2D eigenvalue weighted by Crippen LogP contribution is -2.09. The summed E-state index contributed by atoms with van der Waals surface area (Å²) >= 11 is 0. The van der Waals surface area contributed by atoms with Gasteiger partial charge in [0.05, 0.1) is 7.11 Å². The fourth-order valence-corrected chi connectivity index (χ4v) is 2.50. The fraction of sp³-hybridized carbons (Fsp3) is 0.455. The highest BCUT2D eigenvalue weighted by molar-refractivity contribution is 7.90. The summed E-state index contributed by atoms with van der Waals surface area (Å²) in [7, 11) is -2.79. The normalized spacial score (nSPS) is 11.6. The zero-order valence-corrected chi connectivity index (χ0v) is 11.0. The van der Waals surface area contributed by atoms with E-state index in [1.54, 1.807) is 0 Å². The Bertz CT molecular complexity index is 544. The Kier molecular flexibility index (Phi) is 4.64. The van der Waals surface area contributed by atoms with Gasteiger partial charge in [0.2, 0.25) is 0 Å². The van der Waals surface area contributed by atoms with E-state index in [2.05, 4.69) is 0 Å². The van der Waals surface area contributed by atoms with E-state index in [9.17, 15) is 17.2 Å². The molecule has 0 bridgehead atoms. The molecule has 1 aromatic rings. The first kappa shape index (κ1) is 14.8. The summed E-state index contributed by atoms with van der Waals surface area (Å²) in [6.07, 6.45) is 1.58. The zero-order chi connectivity index (χ0) is 13.9. The molecular weight excluding hydrogens is 264 g/mol. The number of hydrogen-bond donors (Lipinski definition) is 1. The third-order valence-electron chi connectivity index (χ3n) is 2.43. The highest BCUT2D eigenvalue weighted by atomic mass is 32.2. The molecule has 0 heterocycles. The lowest BCUT2D eigenvalue weighted by molar-refractivity contribution is 0.369. The van der Waals surface area contributed by atoms with Crippen molar-refractivity contribution in [1.29, 1.82) is 0 Å². The van der Waals surface area contributed by atoms with E-state index in [1.165, 1.54) is 7.11 Å². The predicted molar refractivity (Wildman–Crippen MR) is 63.4 cm³/mol. The number of benzene rings is 1. The Labute approximate surface area is 105 Å². The summed E-state index contributed by atoms with van der Waals surface area (Å²) in [5.74, 6) is -2.54. The number of ether oxygens (including phenoxy) is 1. The van der Waals surface area contributed by atoms with Crippen molar-refractivity contribution in [3.8, 4) is 5.75 Å². The zero-order valence-electron chi connectivity index (χ0n) is 10.2. The molecule has 0 aliphatic heterocycles. The fourth-order valence-electron chi connectivity index (χ4n) is 1.67. The summed E-state index contributed by atoms with van der Waals surface area (Å²) in [5.41, 5.74) is 5.59. The molecule has 0 unspecified atom stereocenters. The minimum atomic E-state index is -3.99. The topological polar surface area (TPSA) is 69.4 Å². The van der Waals surface area contributed by atoms with Gasteiger partial charge < -0.3 is 10.5 Å². The molecule has 0 aromatic heterocycles. The van der Waals surface area contributed by atoms with E-state index in [0.29, 0.717) is 19.4 Å². The minimum Gasteiger partial charge on any atom is -0.493 e. The number of methoxy groups -OCH3 is 1. The molecule has 0 atom stereocenters. The summed E-state index contributed by atoms with van der Waals surface area (Å²) in [6.45, 7) is 0.361. The lowest BCUT2D eigenvalue weighted by atomic mass is 10.1. The average molecular weight is 279 g/mol. The Balaban J connectivity index is 3.45. The van der Waals surface area contributed by atoms with E-state index < -0.39 is 26.4 Å². The van der Waals surface area contributed by atoms with Crippen molar-refractivity contribution in [2.45, 2.75) is 17.7 Å². The van der Waals surface area contributed by atoms with Crippen LogP contribution in [0.5, 0.6) is 5.75 Å². The van der Waals surface area contributed by atoms with Gasteiger partial charge in [-0.1, -0.05) is 0 Å². The van der Waals surface area contributed by atoms with Crippen molar-refractivity contribution >= 4 is 9.84 Å². The highest BCUT2D eigenvalue weighted by Gasteiger charge is 2.25. The molecule has 1 aromatic carbocycles. The molecule has 0 amide bonds. The molecular formula is C11H15F2NO3S. The highest BCUT2D eigenvalue weighted by Crippen LogP contribution is 2.31. The van der Waals surface area contributed by atoms with Crippen LogP contribution in [-0.2, 0) is 16.3 Å². The summed E-state index contributed by atoms with van der Waals surface area (Å²) in [4.78, 5) is -0.962. The second-order valence-electron chi connectivity index (χ2n) is 3.86. The maximum atomic E-state index is 13.9. The van der Waals surface area contributed by atoms with Crippen LogP contribution in [0.1, 0.15) is 12.0 Å². The molecule has 0 aliphatic carbocycles. The van der Waals surface area contributed by atoms with E-state index >= 15 is 0 Å². The van der Waals surface area contributed by atoms with Crippen LogP contribution >= 0.6 is 0 Å².